The highest BCUT2D eigenvalue weighted by Gasteiger charge is 2.51. The summed E-state index contributed by atoms with van der Waals surface area (Å²) in [5, 5.41) is 9.52. The van der Waals surface area contributed by atoms with Crippen molar-refractivity contribution >= 4 is 22.0 Å². The van der Waals surface area contributed by atoms with Gasteiger partial charge in [-0.1, -0.05) is 12.8 Å². The van der Waals surface area contributed by atoms with E-state index in [1.54, 1.807) is 0 Å². The fourth-order valence-corrected chi connectivity index (χ4v) is 5.85. The molecule has 25 heavy (non-hydrogen) atoms. The van der Waals surface area contributed by atoms with Crippen molar-refractivity contribution in [2.75, 3.05) is 7.11 Å². The lowest BCUT2D eigenvalue weighted by molar-refractivity contribution is -0.141. The lowest BCUT2D eigenvalue weighted by Gasteiger charge is -2.32. The fourth-order valence-electron chi connectivity index (χ4n) is 3.98. The van der Waals surface area contributed by atoms with E-state index in [0.717, 1.165) is 19.3 Å². The Morgan fingerprint density at radius 2 is 1.80 bits per heavy atom. The second-order valence-electron chi connectivity index (χ2n) is 6.55. The highest BCUT2D eigenvalue weighted by Crippen LogP contribution is 2.42. The number of carbonyl (C=O) groups is 2. The Balaban J connectivity index is 1.96. The molecule has 1 aromatic carbocycles. The number of carboxylic acid groups (broad SMARTS) is 1. The van der Waals surface area contributed by atoms with Gasteiger partial charge in [0.25, 0.3) is 0 Å². The minimum absolute atomic E-state index is 0.00220. The standard InChI is InChI=1S/C17H21NO6S/c1-24-17(21)11-6-8-13(9-7-11)25(22,23)18-14-5-3-2-4-12(14)10-15(18)16(19)20/h6-9,12,14-15H,2-5,10H2,1H3,(H,19,20). The molecule has 0 spiro atoms. The molecule has 136 valence electrons. The molecule has 3 unspecified atom stereocenters. The lowest BCUT2D eigenvalue weighted by atomic mass is 9.85. The molecule has 1 saturated heterocycles. The Morgan fingerprint density at radius 3 is 2.40 bits per heavy atom. The highest BCUT2D eigenvalue weighted by atomic mass is 32.2. The van der Waals surface area contributed by atoms with Crippen LogP contribution >= 0.6 is 0 Å². The molecule has 0 amide bonds. The van der Waals surface area contributed by atoms with E-state index in [2.05, 4.69) is 4.74 Å². The zero-order chi connectivity index (χ0) is 18.2. The predicted octanol–water partition coefficient (Wildman–Crippen LogP) is 1.88. The summed E-state index contributed by atoms with van der Waals surface area (Å²) in [7, 11) is -2.70. The van der Waals surface area contributed by atoms with Gasteiger partial charge in [-0.25, -0.2) is 13.2 Å². The number of sulfonamides is 1. The van der Waals surface area contributed by atoms with Gasteiger partial charge in [0.05, 0.1) is 17.6 Å². The van der Waals surface area contributed by atoms with Crippen molar-refractivity contribution in [2.24, 2.45) is 5.92 Å². The van der Waals surface area contributed by atoms with E-state index in [1.165, 1.54) is 35.7 Å². The number of hydrogen-bond donors (Lipinski definition) is 1. The molecule has 3 atom stereocenters. The van der Waals surface area contributed by atoms with E-state index >= 15 is 0 Å². The predicted molar refractivity (Wildman–Crippen MR) is 88.6 cm³/mol. The largest absolute Gasteiger partial charge is 0.480 e. The Bertz CT molecular complexity index is 773. The molecule has 0 radical (unpaired) electrons. The number of fused-ring (bicyclic) bond motifs is 1. The smallest absolute Gasteiger partial charge is 0.337 e. The minimum atomic E-state index is -3.95. The van der Waals surface area contributed by atoms with Gasteiger partial charge in [-0.2, -0.15) is 4.31 Å². The second-order valence-corrected chi connectivity index (χ2v) is 8.40. The Morgan fingerprint density at radius 1 is 1.16 bits per heavy atom. The van der Waals surface area contributed by atoms with Gasteiger partial charge in [-0.15, -0.1) is 0 Å². The average molecular weight is 367 g/mol. The van der Waals surface area contributed by atoms with E-state index in [0.29, 0.717) is 12.8 Å². The molecule has 3 rings (SSSR count). The van der Waals surface area contributed by atoms with Crippen LogP contribution in [0.4, 0.5) is 0 Å². The number of ether oxygens (including phenoxy) is 1. The summed E-state index contributed by atoms with van der Waals surface area (Å²) in [6.45, 7) is 0. The monoisotopic (exact) mass is 367 g/mol. The molecule has 1 saturated carbocycles. The first-order valence-corrected chi connectivity index (χ1v) is 9.75. The van der Waals surface area contributed by atoms with Gasteiger partial charge in [0.2, 0.25) is 10.0 Å². The number of carboxylic acids is 1. The number of nitrogens with zero attached hydrogens (tertiary/aromatic N) is 1. The Hall–Kier alpha value is -1.93. The molecule has 1 aliphatic heterocycles. The zero-order valence-electron chi connectivity index (χ0n) is 13.9. The Labute approximate surface area is 146 Å². The van der Waals surface area contributed by atoms with Crippen LogP contribution in [0.5, 0.6) is 0 Å². The normalized spacial score (nSPS) is 26.8. The topological polar surface area (TPSA) is 101 Å². The number of esters is 1. The van der Waals surface area contributed by atoms with Crippen LogP contribution in [0.3, 0.4) is 0 Å². The van der Waals surface area contributed by atoms with E-state index < -0.39 is 28.0 Å². The van der Waals surface area contributed by atoms with Crippen LogP contribution in [-0.4, -0.2) is 49.0 Å². The summed E-state index contributed by atoms with van der Waals surface area (Å²) in [4.78, 5) is 23.1. The van der Waals surface area contributed by atoms with Crippen molar-refractivity contribution in [3.8, 4) is 0 Å². The molecule has 1 heterocycles. The van der Waals surface area contributed by atoms with Crippen molar-refractivity contribution in [2.45, 2.75) is 49.1 Å². The van der Waals surface area contributed by atoms with Crippen molar-refractivity contribution < 1.29 is 27.9 Å². The van der Waals surface area contributed by atoms with Crippen LogP contribution in [0.2, 0.25) is 0 Å². The maximum absolute atomic E-state index is 13.1. The zero-order valence-corrected chi connectivity index (χ0v) is 14.7. The van der Waals surface area contributed by atoms with E-state index in [-0.39, 0.29) is 22.4 Å². The highest BCUT2D eigenvalue weighted by molar-refractivity contribution is 7.89. The number of rotatable bonds is 4. The van der Waals surface area contributed by atoms with Crippen molar-refractivity contribution in [1.82, 2.24) is 4.31 Å². The van der Waals surface area contributed by atoms with Crippen LogP contribution in [0.1, 0.15) is 42.5 Å². The minimum Gasteiger partial charge on any atom is -0.480 e. The third-order valence-corrected chi connectivity index (χ3v) is 7.11. The lowest BCUT2D eigenvalue weighted by Crippen LogP contribution is -2.46. The van der Waals surface area contributed by atoms with Crippen LogP contribution in [0.25, 0.3) is 0 Å². The first-order valence-electron chi connectivity index (χ1n) is 8.31. The molecular formula is C17H21NO6S. The summed E-state index contributed by atoms with van der Waals surface area (Å²) < 4.78 is 32.0. The van der Waals surface area contributed by atoms with Crippen molar-refractivity contribution in [1.29, 1.82) is 0 Å². The van der Waals surface area contributed by atoms with E-state index in [1.807, 2.05) is 0 Å². The molecular weight excluding hydrogens is 346 g/mol. The summed E-state index contributed by atoms with van der Waals surface area (Å²) >= 11 is 0. The molecule has 8 heteroatoms. The maximum Gasteiger partial charge on any atom is 0.337 e. The molecule has 7 nitrogen and oxygen atoms in total. The summed E-state index contributed by atoms with van der Waals surface area (Å²) in [5.41, 5.74) is 0.244. The van der Waals surface area contributed by atoms with Gasteiger partial charge in [0, 0.05) is 6.04 Å². The SMILES string of the molecule is COC(=O)c1ccc(S(=O)(=O)N2C(C(=O)O)CC3CCCCC32)cc1. The second kappa shape index (κ2) is 6.76. The molecule has 1 aliphatic carbocycles. The summed E-state index contributed by atoms with van der Waals surface area (Å²) in [6.07, 6.45) is 3.82. The van der Waals surface area contributed by atoms with Crippen LogP contribution in [0.15, 0.2) is 29.2 Å². The number of methoxy groups -OCH3 is 1. The summed E-state index contributed by atoms with van der Waals surface area (Å²) in [6, 6.07) is 4.12. The fraction of sp³-hybridized carbons (Fsp3) is 0.529. The van der Waals surface area contributed by atoms with Gasteiger partial charge in [-0.05, 0) is 49.4 Å². The quantitative estimate of drug-likeness (QED) is 0.816. The number of aliphatic carboxylic acids is 1. The average Bonchev–Trinajstić information content (AvgIpc) is 3.02. The van der Waals surface area contributed by atoms with Gasteiger partial charge < -0.3 is 9.84 Å². The van der Waals surface area contributed by atoms with E-state index in [4.69, 9.17) is 0 Å². The van der Waals surface area contributed by atoms with Gasteiger partial charge in [-0.3, -0.25) is 4.79 Å². The Kier molecular flexibility index (Phi) is 4.83. The molecule has 2 aliphatic rings. The first-order chi connectivity index (χ1) is 11.9. The molecule has 1 N–H and O–H groups in total. The van der Waals surface area contributed by atoms with Gasteiger partial charge >= 0.3 is 11.9 Å². The number of benzene rings is 1. The van der Waals surface area contributed by atoms with Crippen LogP contribution in [-0.2, 0) is 19.6 Å². The molecule has 0 bridgehead atoms. The first kappa shape index (κ1) is 17.9. The third kappa shape index (κ3) is 3.16. The van der Waals surface area contributed by atoms with Crippen molar-refractivity contribution in [3.05, 3.63) is 29.8 Å². The molecule has 0 aromatic heterocycles. The molecule has 2 fully saturated rings. The van der Waals surface area contributed by atoms with Gasteiger partial charge in [0.15, 0.2) is 0 Å². The van der Waals surface area contributed by atoms with Crippen LogP contribution < -0.4 is 0 Å². The molecule has 1 aromatic rings. The number of carbonyl (C=O) groups excluding carboxylic acids is 1. The van der Waals surface area contributed by atoms with Crippen molar-refractivity contribution in [3.63, 3.8) is 0 Å². The maximum atomic E-state index is 13.1. The van der Waals surface area contributed by atoms with E-state index in [9.17, 15) is 23.1 Å². The van der Waals surface area contributed by atoms with Crippen LogP contribution in [0, 0.1) is 5.92 Å². The van der Waals surface area contributed by atoms with Gasteiger partial charge in [0.1, 0.15) is 6.04 Å². The summed E-state index contributed by atoms with van der Waals surface area (Å²) in [5.74, 6) is -1.57. The number of hydrogen-bond acceptors (Lipinski definition) is 5. The third-order valence-electron chi connectivity index (χ3n) is 5.16.